The predicted molar refractivity (Wildman–Crippen MR) is 166 cm³/mol. The Kier molecular flexibility index (Phi) is 11.4. The molecule has 248 valence electrons. The molecule has 12 nitrogen and oxygen atoms in total. The van der Waals surface area contributed by atoms with E-state index in [4.69, 9.17) is 9.47 Å². The molecular formula is C31H39F3N8O4. The topological polar surface area (TPSA) is 143 Å². The van der Waals surface area contributed by atoms with Gasteiger partial charge in [0.15, 0.2) is 6.61 Å². The van der Waals surface area contributed by atoms with Gasteiger partial charge in [-0.1, -0.05) is 12.1 Å². The van der Waals surface area contributed by atoms with Gasteiger partial charge in [-0.05, 0) is 82.0 Å². The van der Waals surface area contributed by atoms with Gasteiger partial charge in [0.2, 0.25) is 11.9 Å². The van der Waals surface area contributed by atoms with Gasteiger partial charge in [0.25, 0.3) is 5.91 Å². The van der Waals surface area contributed by atoms with Crippen LogP contribution in [0.5, 0.6) is 11.8 Å². The van der Waals surface area contributed by atoms with Gasteiger partial charge < -0.3 is 35.6 Å². The molecular weight excluding hydrogens is 605 g/mol. The second kappa shape index (κ2) is 15.5. The molecule has 15 heteroatoms. The number of rotatable bonds is 2. The smallest absolute Gasteiger partial charge is 0.422 e. The number of nitrogens with one attached hydrogen (secondary N) is 4. The van der Waals surface area contributed by atoms with E-state index in [0.717, 1.165) is 5.56 Å². The summed E-state index contributed by atoms with van der Waals surface area (Å²) >= 11 is 0. The zero-order chi connectivity index (χ0) is 33.2. The number of nitrogens with zero attached hydrogens (tertiary/aromatic N) is 4. The Morgan fingerprint density at radius 1 is 0.935 bits per heavy atom. The van der Waals surface area contributed by atoms with Gasteiger partial charge >= 0.3 is 18.2 Å². The van der Waals surface area contributed by atoms with Crippen molar-refractivity contribution in [2.24, 2.45) is 0 Å². The number of hydrogen-bond donors (Lipinski definition) is 4. The summed E-state index contributed by atoms with van der Waals surface area (Å²) in [6, 6.07) is 13.1. The lowest BCUT2D eigenvalue weighted by molar-refractivity contribution is -0.154. The SMILES string of the molecule is CC(C)(C)NC(=O)N1CCCCNC(=O)c2ccc(cc2)Nc2nc(nc(OCC(F)(F)F)n2)NCc2ccc(cc2)OCCC1. The fourth-order valence-corrected chi connectivity index (χ4v) is 4.31. The van der Waals surface area contributed by atoms with Gasteiger partial charge in [-0.15, -0.1) is 0 Å². The van der Waals surface area contributed by atoms with Crippen molar-refractivity contribution < 1.29 is 32.2 Å². The van der Waals surface area contributed by atoms with E-state index >= 15 is 0 Å². The van der Waals surface area contributed by atoms with Crippen LogP contribution < -0.4 is 30.7 Å². The van der Waals surface area contributed by atoms with Crippen molar-refractivity contribution >= 4 is 29.5 Å². The molecule has 3 aliphatic heterocycles. The number of aromatic nitrogens is 3. The third-order valence-electron chi connectivity index (χ3n) is 6.51. The molecule has 0 unspecified atom stereocenters. The van der Waals surface area contributed by atoms with Crippen LogP contribution in [0.3, 0.4) is 0 Å². The first kappa shape index (κ1) is 34.1. The molecule has 46 heavy (non-hydrogen) atoms. The van der Waals surface area contributed by atoms with Crippen molar-refractivity contribution in [1.82, 2.24) is 30.5 Å². The quantitative estimate of drug-likeness (QED) is 0.293. The first-order valence-electron chi connectivity index (χ1n) is 15.0. The molecule has 0 spiro atoms. The number of amides is 3. The lowest BCUT2D eigenvalue weighted by Crippen LogP contribution is -2.49. The summed E-state index contributed by atoms with van der Waals surface area (Å²) in [5.41, 5.74) is 1.37. The van der Waals surface area contributed by atoms with Crippen molar-refractivity contribution in [3.8, 4) is 11.8 Å². The molecule has 0 saturated carbocycles. The summed E-state index contributed by atoms with van der Waals surface area (Å²) < 4.78 is 49.1. The maximum atomic E-state index is 12.9. The van der Waals surface area contributed by atoms with Gasteiger partial charge in [-0.2, -0.15) is 28.1 Å². The van der Waals surface area contributed by atoms with Gasteiger partial charge in [0.1, 0.15) is 5.75 Å². The molecule has 0 fully saturated rings. The zero-order valence-corrected chi connectivity index (χ0v) is 26.0. The Morgan fingerprint density at radius 2 is 1.63 bits per heavy atom. The number of carbonyl (C=O) groups excluding carboxylic acids is 2. The van der Waals surface area contributed by atoms with Crippen molar-refractivity contribution in [3.05, 3.63) is 59.7 Å². The Bertz CT molecular complexity index is 1450. The Labute approximate surface area is 265 Å². The summed E-state index contributed by atoms with van der Waals surface area (Å²) in [5, 5.41) is 11.8. The number of hydrogen-bond acceptors (Lipinski definition) is 9. The molecule has 6 rings (SSSR count). The maximum absolute atomic E-state index is 12.9. The Balaban J connectivity index is 1.51. The van der Waals surface area contributed by atoms with E-state index in [1.165, 1.54) is 0 Å². The number of fused-ring (bicyclic) bond motifs is 2. The second-order valence-electron chi connectivity index (χ2n) is 11.7. The average molecular weight is 645 g/mol. The number of alkyl halides is 3. The first-order valence-corrected chi connectivity index (χ1v) is 15.0. The molecule has 0 atom stereocenters. The van der Waals surface area contributed by atoms with Crippen LogP contribution in [-0.4, -0.2) is 76.4 Å². The number of urea groups is 1. The molecule has 3 amide bonds. The molecule has 0 saturated heterocycles. The van der Waals surface area contributed by atoms with Gasteiger partial charge in [0.05, 0.1) is 6.61 Å². The van der Waals surface area contributed by atoms with E-state index < -0.39 is 18.8 Å². The molecule has 1 aromatic heterocycles. The summed E-state index contributed by atoms with van der Waals surface area (Å²) in [4.78, 5) is 39.6. The van der Waals surface area contributed by atoms with Gasteiger partial charge in [-0.25, -0.2) is 4.79 Å². The summed E-state index contributed by atoms with van der Waals surface area (Å²) in [6.45, 7) is 6.33. The van der Waals surface area contributed by atoms with Crippen LogP contribution in [0.4, 0.5) is 35.5 Å². The number of ether oxygens (including phenoxy) is 2. The predicted octanol–water partition coefficient (Wildman–Crippen LogP) is 5.27. The van der Waals surface area contributed by atoms with E-state index in [0.29, 0.717) is 62.5 Å². The third-order valence-corrected chi connectivity index (χ3v) is 6.51. The van der Waals surface area contributed by atoms with Crippen LogP contribution >= 0.6 is 0 Å². The summed E-state index contributed by atoms with van der Waals surface area (Å²) in [5.74, 6) is 0.330. The molecule has 3 aromatic rings. The lowest BCUT2D eigenvalue weighted by Gasteiger charge is -2.28. The number of benzene rings is 2. The lowest BCUT2D eigenvalue weighted by atomic mass is 10.1. The molecule has 4 N–H and O–H groups in total. The number of halogens is 3. The van der Waals surface area contributed by atoms with Crippen molar-refractivity contribution in [2.75, 3.05) is 43.5 Å². The van der Waals surface area contributed by atoms with Crippen molar-refractivity contribution in [3.63, 3.8) is 0 Å². The minimum absolute atomic E-state index is 0.00317. The van der Waals surface area contributed by atoms with Crippen LogP contribution in [-0.2, 0) is 6.54 Å². The van der Waals surface area contributed by atoms with E-state index in [2.05, 4.69) is 36.2 Å². The summed E-state index contributed by atoms with van der Waals surface area (Å²) in [6.07, 6.45) is -2.60. The van der Waals surface area contributed by atoms with Crippen LogP contribution in [0.25, 0.3) is 0 Å². The van der Waals surface area contributed by atoms with Crippen molar-refractivity contribution in [1.29, 1.82) is 0 Å². The number of carbonyl (C=O) groups is 2. The van der Waals surface area contributed by atoms with Gasteiger partial charge in [-0.3, -0.25) is 4.79 Å². The monoisotopic (exact) mass is 644 g/mol. The van der Waals surface area contributed by atoms with E-state index in [1.54, 1.807) is 41.3 Å². The molecule has 6 bridgehead atoms. The van der Waals surface area contributed by atoms with E-state index in [1.807, 2.05) is 32.9 Å². The number of anilines is 3. The Hall–Kier alpha value is -4.82. The van der Waals surface area contributed by atoms with E-state index in [9.17, 15) is 22.8 Å². The highest BCUT2D eigenvalue weighted by atomic mass is 19.4. The average Bonchev–Trinajstić information content (AvgIpc) is 2.99. The molecule has 2 aromatic carbocycles. The van der Waals surface area contributed by atoms with Crippen LogP contribution in [0.15, 0.2) is 48.5 Å². The van der Waals surface area contributed by atoms with Crippen LogP contribution in [0.1, 0.15) is 56.0 Å². The molecule has 0 aliphatic carbocycles. The minimum Gasteiger partial charge on any atom is -0.494 e. The largest absolute Gasteiger partial charge is 0.494 e. The molecule has 3 aliphatic rings. The normalized spacial score (nSPS) is 15.3. The fraction of sp³-hybridized carbons (Fsp3) is 0.452. The summed E-state index contributed by atoms with van der Waals surface area (Å²) in [7, 11) is 0. The third kappa shape index (κ3) is 11.6. The molecule has 4 heterocycles. The van der Waals surface area contributed by atoms with Crippen LogP contribution in [0.2, 0.25) is 0 Å². The van der Waals surface area contributed by atoms with Gasteiger partial charge in [0, 0.05) is 43.0 Å². The van der Waals surface area contributed by atoms with Crippen molar-refractivity contribution in [2.45, 2.75) is 58.3 Å². The highest BCUT2D eigenvalue weighted by Crippen LogP contribution is 2.21. The second-order valence-corrected chi connectivity index (χ2v) is 11.7. The molecule has 0 radical (unpaired) electrons. The highest BCUT2D eigenvalue weighted by Gasteiger charge is 2.29. The standard InChI is InChI=1S/C31H39F3N8O4/c1-30(2,3)41-29(44)42-16-5-4-15-35-25(43)22-9-11-23(12-10-22)37-27-38-26(39-28(40-27)46-20-31(32,33)34)36-19-21-7-13-24(14-8-21)45-18-6-17-42/h7-14H,4-6,15-20H2,1-3H3,(H,35,43)(H,41,44)(H2,36,37,38,39,40). The zero-order valence-electron chi connectivity index (χ0n) is 26.0. The maximum Gasteiger partial charge on any atom is 0.422 e. The first-order chi connectivity index (χ1) is 21.8. The highest BCUT2D eigenvalue weighted by molar-refractivity contribution is 5.94. The minimum atomic E-state index is -4.58. The Morgan fingerprint density at radius 3 is 2.33 bits per heavy atom. The fourth-order valence-electron chi connectivity index (χ4n) is 4.31. The van der Waals surface area contributed by atoms with E-state index in [-0.39, 0.29) is 35.9 Å². The van der Waals surface area contributed by atoms with Crippen LogP contribution in [0, 0.1) is 0 Å².